The maximum absolute atomic E-state index is 13.0. The Morgan fingerprint density at radius 1 is 1.23 bits per heavy atom. The quantitative estimate of drug-likeness (QED) is 0.724. The maximum atomic E-state index is 13.0. The molecule has 2 aliphatic rings. The van der Waals surface area contributed by atoms with Crippen LogP contribution >= 0.6 is 15.9 Å². The third-order valence-corrected chi connectivity index (χ3v) is 5.77. The Kier molecular flexibility index (Phi) is 5.09. The van der Waals surface area contributed by atoms with E-state index in [4.69, 9.17) is 0 Å². The van der Waals surface area contributed by atoms with Crippen molar-refractivity contribution in [1.82, 2.24) is 24.8 Å². The highest BCUT2D eigenvalue weighted by Gasteiger charge is 2.35. The zero-order valence-corrected chi connectivity index (χ0v) is 16.7. The van der Waals surface area contributed by atoms with Crippen LogP contribution in [-0.2, 0) is 0 Å². The molecule has 0 radical (unpaired) electrons. The molecule has 1 aromatic carbocycles. The summed E-state index contributed by atoms with van der Waals surface area (Å²) in [7, 11) is 1.87. The second-order valence-electron chi connectivity index (χ2n) is 7.26. The Hall–Kier alpha value is -1.73. The molecule has 26 heavy (non-hydrogen) atoms. The Morgan fingerprint density at radius 2 is 1.92 bits per heavy atom. The van der Waals surface area contributed by atoms with Gasteiger partial charge in [0.2, 0.25) is 0 Å². The number of likely N-dealkylation sites (tertiary alicyclic amines) is 1. The van der Waals surface area contributed by atoms with Crippen molar-refractivity contribution in [2.75, 3.05) is 33.2 Å². The fraction of sp³-hybridized carbons (Fsp3) is 0.526. The summed E-state index contributed by atoms with van der Waals surface area (Å²) in [5, 5.41) is 8.59. The Morgan fingerprint density at radius 3 is 2.58 bits per heavy atom. The molecule has 6 nitrogen and oxygen atoms in total. The Balaban J connectivity index is 1.53. The molecule has 1 saturated carbocycles. The summed E-state index contributed by atoms with van der Waals surface area (Å²) in [5.41, 5.74) is 2.42. The highest BCUT2D eigenvalue weighted by Crippen LogP contribution is 2.42. The van der Waals surface area contributed by atoms with Gasteiger partial charge in [0, 0.05) is 30.5 Å². The van der Waals surface area contributed by atoms with E-state index >= 15 is 0 Å². The normalized spacial score (nSPS) is 17.6. The molecule has 1 amide bonds. The van der Waals surface area contributed by atoms with Crippen molar-refractivity contribution < 1.29 is 4.79 Å². The molecule has 0 unspecified atom stereocenters. The standard InChI is InChI=1S/C19H24BrN5O/c1-23(12-13-24-10-2-3-11-24)19(26)17-18(14-4-5-14)25(22-21-17)16-8-6-15(20)7-9-16/h6-9,14H,2-5,10-13H2,1H3. The van der Waals surface area contributed by atoms with Gasteiger partial charge >= 0.3 is 0 Å². The number of likely N-dealkylation sites (N-methyl/N-ethyl adjacent to an activating group) is 1. The largest absolute Gasteiger partial charge is 0.339 e. The van der Waals surface area contributed by atoms with Crippen LogP contribution in [0.3, 0.4) is 0 Å². The maximum Gasteiger partial charge on any atom is 0.276 e. The third-order valence-electron chi connectivity index (χ3n) is 5.24. The minimum Gasteiger partial charge on any atom is -0.339 e. The number of nitrogens with zero attached hydrogens (tertiary/aromatic N) is 5. The van der Waals surface area contributed by atoms with E-state index in [1.165, 1.54) is 12.8 Å². The van der Waals surface area contributed by atoms with Crippen LogP contribution in [0, 0.1) is 0 Å². The van der Waals surface area contributed by atoms with Crippen LogP contribution in [0.15, 0.2) is 28.7 Å². The summed E-state index contributed by atoms with van der Waals surface area (Å²) in [5.74, 6) is 0.369. The third kappa shape index (κ3) is 3.69. The SMILES string of the molecule is CN(CCN1CCCC1)C(=O)c1nnn(-c2ccc(Br)cc2)c1C1CC1. The topological polar surface area (TPSA) is 54.3 Å². The molecule has 0 atom stereocenters. The summed E-state index contributed by atoms with van der Waals surface area (Å²) in [6.07, 6.45) is 4.74. The van der Waals surface area contributed by atoms with Crippen molar-refractivity contribution in [2.45, 2.75) is 31.6 Å². The summed E-state index contributed by atoms with van der Waals surface area (Å²) < 4.78 is 2.86. The van der Waals surface area contributed by atoms with Crippen LogP contribution in [0.1, 0.15) is 47.8 Å². The number of aromatic nitrogens is 3. The van der Waals surface area contributed by atoms with Gasteiger partial charge in [0.05, 0.1) is 11.4 Å². The van der Waals surface area contributed by atoms with Gasteiger partial charge in [0.15, 0.2) is 5.69 Å². The van der Waals surface area contributed by atoms with Crippen molar-refractivity contribution in [1.29, 1.82) is 0 Å². The van der Waals surface area contributed by atoms with E-state index < -0.39 is 0 Å². The number of hydrogen-bond acceptors (Lipinski definition) is 4. The molecule has 0 N–H and O–H groups in total. The lowest BCUT2D eigenvalue weighted by molar-refractivity contribution is 0.0775. The molecule has 1 aromatic heterocycles. The van der Waals surface area contributed by atoms with Crippen LogP contribution < -0.4 is 0 Å². The van der Waals surface area contributed by atoms with Gasteiger partial charge in [-0.3, -0.25) is 4.79 Å². The molecule has 1 aliphatic carbocycles. The zero-order valence-electron chi connectivity index (χ0n) is 15.1. The van der Waals surface area contributed by atoms with E-state index in [1.807, 2.05) is 36.0 Å². The van der Waals surface area contributed by atoms with Crippen molar-refractivity contribution >= 4 is 21.8 Å². The first-order chi connectivity index (χ1) is 12.6. The van der Waals surface area contributed by atoms with Gasteiger partial charge in [-0.1, -0.05) is 21.1 Å². The highest BCUT2D eigenvalue weighted by molar-refractivity contribution is 9.10. The summed E-state index contributed by atoms with van der Waals surface area (Å²) in [6.45, 7) is 3.96. The van der Waals surface area contributed by atoms with Crippen LogP contribution in [-0.4, -0.2) is 63.9 Å². The number of rotatable bonds is 6. The first kappa shape index (κ1) is 17.7. The molecular weight excluding hydrogens is 394 g/mol. The molecule has 4 rings (SSSR count). The van der Waals surface area contributed by atoms with Crippen molar-refractivity contribution in [3.8, 4) is 5.69 Å². The smallest absolute Gasteiger partial charge is 0.276 e. The van der Waals surface area contributed by atoms with Crippen molar-refractivity contribution in [3.05, 3.63) is 40.1 Å². The molecule has 0 bridgehead atoms. The minimum atomic E-state index is -0.0190. The first-order valence-corrected chi connectivity index (χ1v) is 10.1. The second-order valence-corrected chi connectivity index (χ2v) is 8.18. The lowest BCUT2D eigenvalue weighted by atomic mass is 10.2. The number of amides is 1. The van der Waals surface area contributed by atoms with E-state index in [9.17, 15) is 4.79 Å². The Bertz CT molecular complexity index is 778. The number of hydrogen-bond donors (Lipinski definition) is 0. The molecule has 2 heterocycles. The van der Waals surface area contributed by atoms with Crippen LogP contribution in [0.25, 0.3) is 5.69 Å². The minimum absolute atomic E-state index is 0.0190. The van der Waals surface area contributed by atoms with Gasteiger partial charge in [0.1, 0.15) is 0 Å². The van der Waals surface area contributed by atoms with E-state index in [2.05, 4.69) is 31.1 Å². The molecule has 2 aromatic rings. The van der Waals surface area contributed by atoms with E-state index in [1.54, 1.807) is 4.90 Å². The zero-order chi connectivity index (χ0) is 18.1. The fourth-order valence-electron chi connectivity index (χ4n) is 3.52. The van der Waals surface area contributed by atoms with Gasteiger partial charge in [-0.2, -0.15) is 0 Å². The van der Waals surface area contributed by atoms with Gasteiger partial charge in [-0.05, 0) is 63.0 Å². The fourth-order valence-corrected chi connectivity index (χ4v) is 3.78. The van der Waals surface area contributed by atoms with Gasteiger partial charge in [-0.25, -0.2) is 4.68 Å². The summed E-state index contributed by atoms with van der Waals surface area (Å²) in [6, 6.07) is 7.96. The predicted molar refractivity (Wildman–Crippen MR) is 104 cm³/mol. The predicted octanol–water partition coefficient (Wildman–Crippen LogP) is 3.08. The lowest BCUT2D eigenvalue weighted by Gasteiger charge is -2.21. The summed E-state index contributed by atoms with van der Waals surface area (Å²) in [4.78, 5) is 17.2. The molecule has 1 saturated heterocycles. The molecular formula is C19H24BrN5O. The van der Waals surface area contributed by atoms with Crippen molar-refractivity contribution in [3.63, 3.8) is 0 Å². The molecule has 138 valence electrons. The van der Waals surface area contributed by atoms with Crippen LogP contribution in [0.2, 0.25) is 0 Å². The lowest BCUT2D eigenvalue weighted by Crippen LogP contribution is -2.35. The van der Waals surface area contributed by atoms with Crippen LogP contribution in [0.5, 0.6) is 0 Å². The molecule has 7 heteroatoms. The number of carbonyl (C=O) groups excluding carboxylic acids is 1. The second kappa shape index (κ2) is 7.48. The van der Waals surface area contributed by atoms with E-state index in [-0.39, 0.29) is 5.91 Å². The molecule has 1 aliphatic heterocycles. The highest BCUT2D eigenvalue weighted by atomic mass is 79.9. The first-order valence-electron chi connectivity index (χ1n) is 9.33. The van der Waals surface area contributed by atoms with E-state index in [0.29, 0.717) is 11.6 Å². The molecule has 0 spiro atoms. The number of halogens is 1. The van der Waals surface area contributed by atoms with Gasteiger partial charge < -0.3 is 9.80 Å². The monoisotopic (exact) mass is 417 g/mol. The number of carbonyl (C=O) groups is 1. The number of benzene rings is 1. The Labute approximate surface area is 162 Å². The molecule has 2 fully saturated rings. The van der Waals surface area contributed by atoms with E-state index in [0.717, 1.165) is 54.9 Å². The van der Waals surface area contributed by atoms with Gasteiger partial charge in [0.25, 0.3) is 5.91 Å². The average molecular weight is 418 g/mol. The van der Waals surface area contributed by atoms with Crippen LogP contribution in [0.4, 0.5) is 0 Å². The summed E-state index contributed by atoms with van der Waals surface area (Å²) >= 11 is 3.46. The van der Waals surface area contributed by atoms with Crippen molar-refractivity contribution in [2.24, 2.45) is 0 Å². The average Bonchev–Trinajstić information content (AvgIpc) is 3.18. The van der Waals surface area contributed by atoms with Gasteiger partial charge in [-0.15, -0.1) is 5.10 Å².